The Morgan fingerprint density at radius 1 is 1.31 bits per heavy atom. The van der Waals surface area contributed by atoms with Crippen LogP contribution in [0.2, 0.25) is 0 Å². The second kappa shape index (κ2) is 6.61. The van der Waals surface area contributed by atoms with Crippen molar-refractivity contribution in [3.8, 4) is 0 Å². The van der Waals surface area contributed by atoms with Gasteiger partial charge in [-0.15, -0.1) is 0 Å². The largest absolute Gasteiger partial charge is 0.316 e. The molecule has 1 aliphatic heterocycles. The standard InChI is InChI=1S/C12H24N2.C2H6/c1-3-4-7-14(2)11-8-12(9-11)5-6-13-10-12;1-2/h11,13H,3-10H2,1-2H3;1-2H3. The Bertz CT molecular complexity index is 177. The molecule has 0 unspecified atom stereocenters. The molecule has 2 aliphatic rings. The van der Waals surface area contributed by atoms with Crippen LogP contribution in [0.3, 0.4) is 0 Å². The van der Waals surface area contributed by atoms with Crippen LogP contribution in [-0.2, 0) is 0 Å². The Morgan fingerprint density at radius 3 is 2.50 bits per heavy atom. The maximum absolute atomic E-state index is 3.50. The van der Waals surface area contributed by atoms with Gasteiger partial charge in [-0.1, -0.05) is 27.2 Å². The molecule has 0 aromatic carbocycles. The first kappa shape index (κ1) is 14.0. The third kappa shape index (κ3) is 3.21. The van der Waals surface area contributed by atoms with Gasteiger partial charge in [0, 0.05) is 12.6 Å². The molecule has 96 valence electrons. The lowest BCUT2D eigenvalue weighted by atomic mass is 9.64. The molecule has 0 aromatic rings. The molecule has 2 fully saturated rings. The highest BCUT2D eigenvalue weighted by Gasteiger charge is 2.46. The van der Waals surface area contributed by atoms with Crippen molar-refractivity contribution >= 4 is 0 Å². The number of unbranched alkanes of at least 4 members (excludes halogenated alkanes) is 1. The van der Waals surface area contributed by atoms with Gasteiger partial charge in [-0.25, -0.2) is 0 Å². The van der Waals surface area contributed by atoms with Crippen molar-refractivity contribution in [1.82, 2.24) is 10.2 Å². The van der Waals surface area contributed by atoms with E-state index < -0.39 is 0 Å². The highest BCUT2D eigenvalue weighted by atomic mass is 15.1. The number of hydrogen-bond donors (Lipinski definition) is 1. The topological polar surface area (TPSA) is 15.3 Å². The highest BCUT2D eigenvalue weighted by Crippen LogP contribution is 2.47. The zero-order valence-corrected chi connectivity index (χ0v) is 11.7. The van der Waals surface area contributed by atoms with E-state index >= 15 is 0 Å². The molecule has 1 heterocycles. The summed E-state index contributed by atoms with van der Waals surface area (Å²) in [6.07, 6.45) is 6.99. The molecule has 0 radical (unpaired) electrons. The molecule has 2 rings (SSSR count). The van der Waals surface area contributed by atoms with Crippen molar-refractivity contribution in [2.45, 2.75) is 58.9 Å². The van der Waals surface area contributed by atoms with Crippen molar-refractivity contribution in [2.75, 3.05) is 26.7 Å². The lowest BCUT2D eigenvalue weighted by Gasteiger charge is -2.49. The van der Waals surface area contributed by atoms with Gasteiger partial charge >= 0.3 is 0 Å². The van der Waals surface area contributed by atoms with Gasteiger partial charge < -0.3 is 10.2 Å². The van der Waals surface area contributed by atoms with Gasteiger partial charge in [-0.3, -0.25) is 0 Å². The summed E-state index contributed by atoms with van der Waals surface area (Å²) in [5.74, 6) is 0. The van der Waals surface area contributed by atoms with E-state index in [-0.39, 0.29) is 0 Å². The molecule has 0 amide bonds. The molecule has 0 aromatic heterocycles. The maximum atomic E-state index is 3.50. The van der Waals surface area contributed by atoms with Crippen LogP contribution < -0.4 is 5.32 Å². The van der Waals surface area contributed by atoms with Crippen molar-refractivity contribution in [1.29, 1.82) is 0 Å². The molecule has 0 atom stereocenters. The molecule has 16 heavy (non-hydrogen) atoms. The van der Waals surface area contributed by atoms with Gasteiger partial charge in [0.2, 0.25) is 0 Å². The minimum Gasteiger partial charge on any atom is -0.316 e. The van der Waals surface area contributed by atoms with Gasteiger partial charge in [-0.2, -0.15) is 0 Å². The molecular weight excluding hydrogens is 196 g/mol. The first-order valence-corrected chi connectivity index (χ1v) is 7.17. The minimum atomic E-state index is 0.713. The number of rotatable bonds is 4. The zero-order valence-electron chi connectivity index (χ0n) is 11.7. The second-order valence-electron chi connectivity index (χ2n) is 5.32. The number of nitrogens with one attached hydrogen (secondary N) is 1. The average Bonchev–Trinajstić information content (AvgIpc) is 2.76. The summed E-state index contributed by atoms with van der Waals surface area (Å²) in [5.41, 5.74) is 0.713. The van der Waals surface area contributed by atoms with Crippen molar-refractivity contribution < 1.29 is 0 Å². The fraction of sp³-hybridized carbons (Fsp3) is 1.00. The normalized spacial score (nSPS) is 32.4. The van der Waals surface area contributed by atoms with Gasteiger partial charge in [0.15, 0.2) is 0 Å². The molecule has 1 N–H and O–H groups in total. The molecule has 1 saturated heterocycles. The summed E-state index contributed by atoms with van der Waals surface area (Å²) in [5, 5.41) is 3.50. The quantitative estimate of drug-likeness (QED) is 0.793. The molecular formula is C14H30N2. The molecule has 1 spiro atoms. The summed E-state index contributed by atoms with van der Waals surface area (Å²) < 4.78 is 0. The monoisotopic (exact) mass is 226 g/mol. The Balaban J connectivity index is 0.000000606. The van der Waals surface area contributed by atoms with Crippen LogP contribution in [0.4, 0.5) is 0 Å². The molecule has 2 heteroatoms. The minimum absolute atomic E-state index is 0.713. The van der Waals surface area contributed by atoms with E-state index in [9.17, 15) is 0 Å². The molecule has 1 saturated carbocycles. The second-order valence-corrected chi connectivity index (χ2v) is 5.32. The summed E-state index contributed by atoms with van der Waals surface area (Å²) >= 11 is 0. The molecule has 2 nitrogen and oxygen atoms in total. The fourth-order valence-electron chi connectivity index (χ4n) is 2.99. The van der Waals surface area contributed by atoms with Crippen LogP contribution in [0.15, 0.2) is 0 Å². The van der Waals surface area contributed by atoms with E-state index in [0.717, 1.165) is 6.04 Å². The van der Waals surface area contributed by atoms with Gasteiger partial charge in [-0.05, 0) is 51.2 Å². The Hall–Kier alpha value is -0.0800. The van der Waals surface area contributed by atoms with Gasteiger partial charge in [0.05, 0.1) is 0 Å². The van der Waals surface area contributed by atoms with E-state index in [0.29, 0.717) is 5.41 Å². The predicted octanol–water partition coefficient (Wildman–Crippen LogP) is 2.89. The van der Waals surface area contributed by atoms with E-state index in [1.807, 2.05) is 13.8 Å². The zero-order chi connectivity index (χ0) is 12.0. The summed E-state index contributed by atoms with van der Waals surface area (Å²) in [6.45, 7) is 10.1. The average molecular weight is 226 g/mol. The lowest BCUT2D eigenvalue weighted by molar-refractivity contribution is 0.0281. The van der Waals surface area contributed by atoms with Gasteiger partial charge in [0.1, 0.15) is 0 Å². The molecule has 0 bridgehead atoms. The number of hydrogen-bond acceptors (Lipinski definition) is 2. The van der Waals surface area contributed by atoms with E-state index in [1.165, 1.54) is 51.7 Å². The Labute approximate surface area is 102 Å². The van der Waals surface area contributed by atoms with Crippen LogP contribution in [0.5, 0.6) is 0 Å². The van der Waals surface area contributed by atoms with Crippen LogP contribution in [0, 0.1) is 5.41 Å². The lowest BCUT2D eigenvalue weighted by Crippen LogP contribution is -2.50. The summed E-state index contributed by atoms with van der Waals surface area (Å²) in [6, 6.07) is 0.890. The highest BCUT2D eigenvalue weighted by molar-refractivity contribution is 5.02. The van der Waals surface area contributed by atoms with Crippen molar-refractivity contribution in [3.63, 3.8) is 0 Å². The predicted molar refractivity (Wildman–Crippen MR) is 71.8 cm³/mol. The number of nitrogens with zero attached hydrogens (tertiary/aromatic N) is 1. The van der Waals surface area contributed by atoms with E-state index in [2.05, 4.69) is 24.2 Å². The smallest absolute Gasteiger partial charge is 0.0104 e. The van der Waals surface area contributed by atoms with Crippen LogP contribution >= 0.6 is 0 Å². The third-order valence-electron chi connectivity index (χ3n) is 4.16. The third-order valence-corrected chi connectivity index (χ3v) is 4.16. The first-order valence-electron chi connectivity index (χ1n) is 7.17. The molecule has 1 aliphatic carbocycles. The summed E-state index contributed by atoms with van der Waals surface area (Å²) in [7, 11) is 2.30. The van der Waals surface area contributed by atoms with E-state index in [4.69, 9.17) is 0 Å². The van der Waals surface area contributed by atoms with E-state index in [1.54, 1.807) is 0 Å². The van der Waals surface area contributed by atoms with Gasteiger partial charge in [0.25, 0.3) is 0 Å². The SMILES string of the molecule is CC.CCCCN(C)C1CC2(CCNC2)C1. The maximum Gasteiger partial charge on any atom is 0.0104 e. The van der Waals surface area contributed by atoms with Crippen LogP contribution in [0.25, 0.3) is 0 Å². The first-order chi connectivity index (χ1) is 7.76. The fourth-order valence-corrected chi connectivity index (χ4v) is 2.99. The van der Waals surface area contributed by atoms with Crippen LogP contribution in [-0.4, -0.2) is 37.6 Å². The summed E-state index contributed by atoms with van der Waals surface area (Å²) in [4.78, 5) is 2.58. The Morgan fingerprint density at radius 2 is 2.00 bits per heavy atom. The Kier molecular flexibility index (Phi) is 5.77. The van der Waals surface area contributed by atoms with Crippen LogP contribution in [0.1, 0.15) is 52.9 Å². The van der Waals surface area contributed by atoms with Crippen molar-refractivity contribution in [3.05, 3.63) is 0 Å². The van der Waals surface area contributed by atoms with Crippen molar-refractivity contribution in [2.24, 2.45) is 5.41 Å².